The van der Waals surface area contributed by atoms with Crippen LogP contribution in [-0.2, 0) is 7.05 Å². The lowest BCUT2D eigenvalue weighted by atomic mass is 10.1. The first kappa shape index (κ1) is 11.8. The molecule has 1 aromatic heterocycles. The summed E-state index contributed by atoms with van der Waals surface area (Å²) in [5.74, 6) is 0. The van der Waals surface area contributed by atoms with Gasteiger partial charge in [-0.3, -0.25) is 4.68 Å². The van der Waals surface area contributed by atoms with Crippen molar-refractivity contribution >= 4 is 31.9 Å². The molecule has 4 nitrogen and oxygen atoms in total. The Morgan fingerprint density at radius 3 is 2.38 bits per heavy atom. The molecule has 84 valence electrons. The lowest BCUT2D eigenvalue weighted by molar-refractivity contribution is 0.651. The molecule has 1 atom stereocenters. The van der Waals surface area contributed by atoms with Crippen LogP contribution in [0.4, 0.5) is 0 Å². The van der Waals surface area contributed by atoms with Gasteiger partial charge in [0.15, 0.2) is 0 Å². The minimum Gasteiger partial charge on any atom is -0.319 e. The van der Waals surface area contributed by atoms with Crippen molar-refractivity contribution in [3.8, 4) is 0 Å². The first-order chi connectivity index (χ1) is 7.58. The van der Waals surface area contributed by atoms with Gasteiger partial charge in [-0.2, -0.15) is 0 Å². The molecule has 0 fully saturated rings. The number of aryl methyl sites for hydroxylation is 1. The van der Waals surface area contributed by atoms with Crippen LogP contribution in [0.5, 0.6) is 0 Å². The summed E-state index contributed by atoms with van der Waals surface area (Å²) in [6.45, 7) is 0. The molecular weight excluding hydrogens is 336 g/mol. The van der Waals surface area contributed by atoms with Gasteiger partial charge in [-0.25, -0.2) is 0 Å². The molecule has 0 saturated carbocycles. The van der Waals surface area contributed by atoms with Crippen LogP contribution < -0.4 is 5.73 Å². The zero-order chi connectivity index (χ0) is 11.7. The summed E-state index contributed by atoms with van der Waals surface area (Å²) in [5.41, 5.74) is 8.04. The number of hydrogen-bond donors (Lipinski definition) is 1. The van der Waals surface area contributed by atoms with Gasteiger partial charge in [0.25, 0.3) is 0 Å². The number of rotatable bonds is 2. The number of halogens is 2. The molecule has 0 aliphatic carbocycles. The van der Waals surface area contributed by atoms with Gasteiger partial charge in [-0.15, -0.1) is 5.10 Å². The molecule has 16 heavy (non-hydrogen) atoms. The second-order valence-corrected chi connectivity index (χ2v) is 5.29. The van der Waals surface area contributed by atoms with Crippen LogP contribution in [0.15, 0.2) is 33.3 Å². The third-order valence-electron chi connectivity index (χ3n) is 2.31. The van der Waals surface area contributed by atoms with Gasteiger partial charge in [-0.1, -0.05) is 37.1 Å². The van der Waals surface area contributed by atoms with E-state index in [9.17, 15) is 0 Å². The van der Waals surface area contributed by atoms with Crippen LogP contribution in [0.1, 0.15) is 17.3 Å². The van der Waals surface area contributed by atoms with Gasteiger partial charge in [0, 0.05) is 16.0 Å². The van der Waals surface area contributed by atoms with Crippen LogP contribution in [0.3, 0.4) is 0 Å². The summed E-state index contributed by atoms with van der Waals surface area (Å²) in [4.78, 5) is 0. The monoisotopic (exact) mass is 344 g/mol. The molecule has 0 spiro atoms. The lowest BCUT2D eigenvalue weighted by Gasteiger charge is -2.12. The average Bonchev–Trinajstić information content (AvgIpc) is 2.62. The molecule has 0 saturated heterocycles. The Balaban J connectivity index is 2.41. The van der Waals surface area contributed by atoms with Crippen molar-refractivity contribution < 1.29 is 0 Å². The standard InChI is InChI=1S/C10H10Br2N4/c1-16-9(5-14-15-16)10(13)6-2-7(11)4-8(12)3-6/h2-5,10H,13H2,1H3. The van der Waals surface area contributed by atoms with Gasteiger partial charge in [-0.05, 0) is 23.8 Å². The van der Waals surface area contributed by atoms with Crippen LogP contribution >= 0.6 is 31.9 Å². The first-order valence-corrected chi connectivity index (χ1v) is 6.22. The molecule has 0 aliphatic heterocycles. The minimum absolute atomic E-state index is 0.228. The van der Waals surface area contributed by atoms with Gasteiger partial charge >= 0.3 is 0 Å². The number of nitrogens with two attached hydrogens (primary N) is 1. The van der Waals surface area contributed by atoms with Crippen LogP contribution in [0, 0.1) is 0 Å². The summed E-state index contributed by atoms with van der Waals surface area (Å²) < 4.78 is 3.66. The average molecular weight is 346 g/mol. The SMILES string of the molecule is Cn1nncc1C(N)c1cc(Br)cc(Br)c1. The van der Waals surface area contributed by atoms with Crippen molar-refractivity contribution in [1.82, 2.24) is 15.0 Å². The molecule has 0 amide bonds. The second kappa shape index (κ2) is 4.65. The topological polar surface area (TPSA) is 56.7 Å². The Bertz CT molecular complexity index is 489. The Labute approximate surface area is 110 Å². The second-order valence-electron chi connectivity index (χ2n) is 3.46. The molecule has 0 bridgehead atoms. The van der Waals surface area contributed by atoms with Crippen molar-refractivity contribution in [2.24, 2.45) is 12.8 Å². The molecule has 1 heterocycles. The molecule has 0 aliphatic rings. The van der Waals surface area contributed by atoms with E-state index in [1.54, 1.807) is 10.9 Å². The highest BCUT2D eigenvalue weighted by molar-refractivity contribution is 9.11. The number of benzene rings is 1. The lowest BCUT2D eigenvalue weighted by Crippen LogP contribution is -2.15. The Kier molecular flexibility index (Phi) is 3.41. The smallest absolute Gasteiger partial charge is 0.0796 e. The minimum atomic E-state index is -0.228. The fourth-order valence-electron chi connectivity index (χ4n) is 1.50. The maximum Gasteiger partial charge on any atom is 0.0796 e. The molecule has 0 radical (unpaired) electrons. The Morgan fingerprint density at radius 1 is 1.25 bits per heavy atom. The zero-order valence-electron chi connectivity index (χ0n) is 8.56. The van der Waals surface area contributed by atoms with Gasteiger partial charge < -0.3 is 5.73 Å². The Hall–Kier alpha value is -0.720. The van der Waals surface area contributed by atoms with E-state index in [1.165, 1.54) is 0 Å². The van der Waals surface area contributed by atoms with Crippen molar-refractivity contribution in [3.05, 3.63) is 44.6 Å². The summed E-state index contributed by atoms with van der Waals surface area (Å²) in [7, 11) is 1.83. The van der Waals surface area contributed by atoms with Crippen LogP contribution in [0.25, 0.3) is 0 Å². The summed E-state index contributed by atoms with van der Waals surface area (Å²) in [5, 5.41) is 7.69. The van der Waals surface area contributed by atoms with Gasteiger partial charge in [0.2, 0.25) is 0 Å². The highest BCUT2D eigenvalue weighted by Crippen LogP contribution is 2.26. The van der Waals surface area contributed by atoms with Crippen molar-refractivity contribution in [1.29, 1.82) is 0 Å². The molecular formula is C10H10Br2N4. The molecule has 2 N–H and O–H groups in total. The third-order valence-corrected chi connectivity index (χ3v) is 3.23. The van der Waals surface area contributed by atoms with E-state index in [4.69, 9.17) is 5.73 Å². The first-order valence-electron chi connectivity index (χ1n) is 4.64. The molecule has 2 aromatic rings. The number of hydrogen-bond acceptors (Lipinski definition) is 3. The highest BCUT2D eigenvalue weighted by Gasteiger charge is 2.14. The maximum absolute atomic E-state index is 6.16. The normalized spacial score (nSPS) is 12.8. The highest BCUT2D eigenvalue weighted by atomic mass is 79.9. The fourth-order valence-corrected chi connectivity index (χ4v) is 2.83. The molecule has 2 rings (SSSR count). The van der Waals surface area contributed by atoms with Gasteiger partial charge in [0.1, 0.15) is 0 Å². The van der Waals surface area contributed by atoms with E-state index in [0.29, 0.717) is 0 Å². The van der Waals surface area contributed by atoms with E-state index in [0.717, 1.165) is 20.2 Å². The number of aromatic nitrogens is 3. The van der Waals surface area contributed by atoms with E-state index in [2.05, 4.69) is 42.2 Å². The van der Waals surface area contributed by atoms with Crippen molar-refractivity contribution in [2.45, 2.75) is 6.04 Å². The summed E-state index contributed by atoms with van der Waals surface area (Å²) in [6, 6.07) is 5.72. The summed E-state index contributed by atoms with van der Waals surface area (Å²) in [6.07, 6.45) is 1.68. The van der Waals surface area contributed by atoms with Crippen molar-refractivity contribution in [3.63, 3.8) is 0 Å². The van der Waals surface area contributed by atoms with E-state index in [-0.39, 0.29) is 6.04 Å². The Morgan fingerprint density at radius 2 is 1.88 bits per heavy atom. The largest absolute Gasteiger partial charge is 0.319 e. The van der Waals surface area contributed by atoms with E-state index < -0.39 is 0 Å². The summed E-state index contributed by atoms with van der Waals surface area (Å²) >= 11 is 6.88. The predicted molar refractivity (Wildman–Crippen MR) is 68.9 cm³/mol. The number of nitrogens with zero attached hydrogens (tertiary/aromatic N) is 3. The molecule has 1 unspecified atom stereocenters. The van der Waals surface area contributed by atoms with Crippen molar-refractivity contribution in [2.75, 3.05) is 0 Å². The van der Waals surface area contributed by atoms with E-state index >= 15 is 0 Å². The predicted octanol–water partition coefficient (Wildman–Crippen LogP) is 2.39. The van der Waals surface area contributed by atoms with Gasteiger partial charge in [0.05, 0.1) is 17.9 Å². The van der Waals surface area contributed by atoms with Crippen LogP contribution in [0.2, 0.25) is 0 Å². The zero-order valence-corrected chi connectivity index (χ0v) is 11.7. The van der Waals surface area contributed by atoms with Crippen LogP contribution in [-0.4, -0.2) is 15.0 Å². The molecule has 6 heteroatoms. The quantitative estimate of drug-likeness (QED) is 0.909. The fraction of sp³-hybridized carbons (Fsp3) is 0.200. The van der Waals surface area contributed by atoms with E-state index in [1.807, 2.05) is 25.2 Å². The maximum atomic E-state index is 6.16. The third kappa shape index (κ3) is 2.34. The molecule has 1 aromatic carbocycles.